The van der Waals surface area contributed by atoms with Crippen molar-refractivity contribution in [3.05, 3.63) is 64.9 Å². The number of morpholine rings is 1. The van der Waals surface area contributed by atoms with Crippen LogP contribution in [0.15, 0.2) is 64.2 Å². The standard InChI is InChI=1S/C23H25N3O5S2/c1-30-21-5-3-2-4-19(21)25-33(28,29)22-15-18(24-23(27)14-17-8-13-32-16-17)6-7-20(22)26-9-11-31-12-10-26/h2-8,13,15-16,25H,9-12,14H2,1H3,(H,24,27). The lowest BCUT2D eigenvalue weighted by molar-refractivity contribution is -0.115. The third-order valence-corrected chi connectivity index (χ3v) is 7.31. The van der Waals surface area contributed by atoms with Gasteiger partial charge >= 0.3 is 0 Å². The topological polar surface area (TPSA) is 97.0 Å². The van der Waals surface area contributed by atoms with Gasteiger partial charge in [0.25, 0.3) is 10.0 Å². The van der Waals surface area contributed by atoms with Crippen molar-refractivity contribution in [1.82, 2.24) is 0 Å². The molecule has 33 heavy (non-hydrogen) atoms. The zero-order chi connectivity index (χ0) is 23.3. The number of thiophene rings is 1. The molecular formula is C23H25N3O5S2. The molecule has 8 nitrogen and oxygen atoms in total. The Balaban J connectivity index is 1.66. The van der Waals surface area contributed by atoms with Gasteiger partial charge in [-0.1, -0.05) is 12.1 Å². The fraction of sp³-hybridized carbons (Fsp3) is 0.261. The molecule has 0 saturated carbocycles. The number of para-hydroxylation sites is 2. The van der Waals surface area contributed by atoms with Gasteiger partial charge in [0, 0.05) is 18.8 Å². The molecule has 2 aromatic carbocycles. The Bertz CT molecular complexity index is 1210. The minimum Gasteiger partial charge on any atom is -0.495 e. The molecule has 0 aliphatic carbocycles. The molecule has 1 saturated heterocycles. The third kappa shape index (κ3) is 5.65. The van der Waals surface area contributed by atoms with Gasteiger partial charge in [0.15, 0.2) is 0 Å². The van der Waals surface area contributed by atoms with Crippen molar-refractivity contribution in [2.45, 2.75) is 11.3 Å². The Hall–Kier alpha value is -3.08. The zero-order valence-corrected chi connectivity index (χ0v) is 19.7. The molecule has 1 aliphatic heterocycles. The molecule has 174 valence electrons. The van der Waals surface area contributed by atoms with E-state index < -0.39 is 10.0 Å². The molecule has 1 fully saturated rings. The molecule has 10 heteroatoms. The van der Waals surface area contributed by atoms with Crippen LogP contribution >= 0.6 is 11.3 Å². The van der Waals surface area contributed by atoms with E-state index in [1.165, 1.54) is 24.5 Å². The molecule has 3 aromatic rings. The number of carbonyl (C=O) groups excluding carboxylic acids is 1. The van der Waals surface area contributed by atoms with E-state index in [0.717, 1.165) is 5.56 Å². The number of nitrogens with one attached hydrogen (secondary N) is 2. The van der Waals surface area contributed by atoms with Crippen molar-refractivity contribution in [1.29, 1.82) is 0 Å². The highest BCUT2D eigenvalue weighted by Crippen LogP contribution is 2.33. The Morgan fingerprint density at radius 3 is 2.67 bits per heavy atom. The number of nitrogens with zero attached hydrogens (tertiary/aromatic N) is 1. The molecule has 0 radical (unpaired) electrons. The lowest BCUT2D eigenvalue weighted by Gasteiger charge is -2.30. The van der Waals surface area contributed by atoms with Crippen LogP contribution in [0.1, 0.15) is 5.56 Å². The first kappa shape index (κ1) is 23.1. The second-order valence-electron chi connectivity index (χ2n) is 7.44. The number of rotatable bonds is 8. The van der Waals surface area contributed by atoms with E-state index in [4.69, 9.17) is 9.47 Å². The summed E-state index contributed by atoms with van der Waals surface area (Å²) >= 11 is 1.52. The lowest BCUT2D eigenvalue weighted by Crippen LogP contribution is -2.37. The van der Waals surface area contributed by atoms with E-state index in [-0.39, 0.29) is 17.2 Å². The summed E-state index contributed by atoms with van der Waals surface area (Å²) in [6, 6.07) is 13.6. The largest absolute Gasteiger partial charge is 0.495 e. The number of benzene rings is 2. The third-order valence-electron chi connectivity index (χ3n) is 5.18. The quantitative estimate of drug-likeness (QED) is 0.504. The van der Waals surface area contributed by atoms with Crippen LogP contribution in [0.4, 0.5) is 17.1 Å². The molecule has 0 unspecified atom stereocenters. The van der Waals surface area contributed by atoms with Crippen LogP contribution in [0.3, 0.4) is 0 Å². The van der Waals surface area contributed by atoms with Gasteiger partial charge in [-0.3, -0.25) is 9.52 Å². The van der Waals surface area contributed by atoms with Crippen molar-refractivity contribution >= 4 is 44.3 Å². The maximum atomic E-state index is 13.5. The number of anilines is 3. The first-order chi connectivity index (χ1) is 16.0. The van der Waals surface area contributed by atoms with Gasteiger partial charge in [0.05, 0.1) is 38.1 Å². The number of methoxy groups -OCH3 is 1. The van der Waals surface area contributed by atoms with Gasteiger partial charge in [-0.15, -0.1) is 0 Å². The number of hydrogen-bond donors (Lipinski definition) is 2. The molecule has 1 aliphatic rings. The normalized spacial score (nSPS) is 14.0. The van der Waals surface area contributed by atoms with E-state index >= 15 is 0 Å². The lowest BCUT2D eigenvalue weighted by atomic mass is 10.2. The number of hydrogen-bond acceptors (Lipinski definition) is 7. The Labute approximate surface area is 197 Å². The van der Waals surface area contributed by atoms with Crippen LogP contribution in [0.2, 0.25) is 0 Å². The van der Waals surface area contributed by atoms with E-state index in [1.54, 1.807) is 36.4 Å². The van der Waals surface area contributed by atoms with Crippen LogP contribution in [0, 0.1) is 0 Å². The number of amides is 1. The number of carbonyl (C=O) groups is 1. The van der Waals surface area contributed by atoms with Gasteiger partial charge in [0.2, 0.25) is 5.91 Å². The fourth-order valence-electron chi connectivity index (χ4n) is 3.59. The summed E-state index contributed by atoms with van der Waals surface area (Å²) in [6.07, 6.45) is 0.219. The van der Waals surface area contributed by atoms with E-state index in [2.05, 4.69) is 10.0 Å². The number of sulfonamides is 1. The first-order valence-electron chi connectivity index (χ1n) is 10.4. The van der Waals surface area contributed by atoms with Crippen LogP contribution in [-0.4, -0.2) is 47.7 Å². The van der Waals surface area contributed by atoms with Crippen LogP contribution < -0.4 is 19.7 Å². The zero-order valence-electron chi connectivity index (χ0n) is 18.1. The minimum atomic E-state index is -4.00. The molecule has 0 spiro atoms. The summed E-state index contributed by atoms with van der Waals surface area (Å²) in [7, 11) is -2.51. The smallest absolute Gasteiger partial charge is 0.264 e. The van der Waals surface area contributed by atoms with Crippen LogP contribution in [0.5, 0.6) is 5.75 Å². The van der Waals surface area contributed by atoms with Gasteiger partial charge in [0.1, 0.15) is 10.6 Å². The van der Waals surface area contributed by atoms with Crippen molar-refractivity contribution in [2.75, 3.05) is 48.4 Å². The number of ether oxygens (including phenoxy) is 2. The highest BCUT2D eigenvalue weighted by molar-refractivity contribution is 7.93. The van der Waals surface area contributed by atoms with Crippen molar-refractivity contribution in [2.24, 2.45) is 0 Å². The molecule has 1 aromatic heterocycles. The Morgan fingerprint density at radius 2 is 1.94 bits per heavy atom. The van der Waals surface area contributed by atoms with E-state index in [1.807, 2.05) is 21.7 Å². The van der Waals surface area contributed by atoms with Crippen LogP contribution in [-0.2, 0) is 26.0 Å². The monoisotopic (exact) mass is 487 g/mol. The highest BCUT2D eigenvalue weighted by atomic mass is 32.2. The molecule has 4 rings (SSSR count). The summed E-state index contributed by atoms with van der Waals surface area (Å²) in [6.45, 7) is 2.17. The van der Waals surface area contributed by atoms with Crippen molar-refractivity contribution in [3.63, 3.8) is 0 Å². The maximum absolute atomic E-state index is 13.5. The molecule has 0 atom stereocenters. The summed E-state index contributed by atoms with van der Waals surface area (Å²) in [4.78, 5) is 14.5. The predicted octanol–water partition coefficient (Wildman–Crippen LogP) is 3.58. The molecule has 0 bridgehead atoms. The molecule has 2 N–H and O–H groups in total. The average Bonchev–Trinajstić information content (AvgIpc) is 3.32. The second kappa shape index (κ2) is 10.2. The first-order valence-corrected chi connectivity index (χ1v) is 12.8. The predicted molar refractivity (Wildman–Crippen MR) is 130 cm³/mol. The highest BCUT2D eigenvalue weighted by Gasteiger charge is 2.25. The molecule has 2 heterocycles. The Kier molecular flexibility index (Phi) is 7.17. The fourth-order valence-corrected chi connectivity index (χ4v) is 5.58. The SMILES string of the molecule is COc1ccccc1NS(=O)(=O)c1cc(NC(=O)Cc2ccsc2)ccc1N1CCOCC1. The summed E-state index contributed by atoms with van der Waals surface area (Å²) in [5, 5.41) is 6.64. The summed E-state index contributed by atoms with van der Waals surface area (Å²) < 4.78 is 40.3. The van der Waals surface area contributed by atoms with Crippen molar-refractivity contribution < 1.29 is 22.7 Å². The van der Waals surface area contributed by atoms with Gasteiger partial charge in [-0.05, 0) is 52.7 Å². The second-order valence-corrected chi connectivity index (χ2v) is 9.88. The van der Waals surface area contributed by atoms with E-state index in [0.29, 0.717) is 49.1 Å². The summed E-state index contributed by atoms with van der Waals surface area (Å²) in [5.41, 5.74) is 2.21. The van der Waals surface area contributed by atoms with Crippen LogP contribution in [0.25, 0.3) is 0 Å². The van der Waals surface area contributed by atoms with Gasteiger partial charge in [-0.25, -0.2) is 8.42 Å². The maximum Gasteiger partial charge on any atom is 0.264 e. The Morgan fingerprint density at radius 1 is 1.15 bits per heavy atom. The van der Waals surface area contributed by atoms with Crippen molar-refractivity contribution in [3.8, 4) is 5.75 Å². The average molecular weight is 488 g/mol. The van der Waals surface area contributed by atoms with Gasteiger partial charge < -0.3 is 19.7 Å². The van der Waals surface area contributed by atoms with Gasteiger partial charge in [-0.2, -0.15) is 11.3 Å². The minimum absolute atomic E-state index is 0.0728. The molecule has 1 amide bonds. The summed E-state index contributed by atoms with van der Waals surface area (Å²) in [5.74, 6) is 0.197. The van der Waals surface area contributed by atoms with E-state index in [9.17, 15) is 13.2 Å². The molecular weight excluding hydrogens is 462 g/mol.